The molecule has 0 N–H and O–H groups in total. The normalized spacial score (nSPS) is 10.4. The highest BCUT2D eigenvalue weighted by Gasteiger charge is 2.14. The molecule has 0 atom stereocenters. The summed E-state index contributed by atoms with van der Waals surface area (Å²) in [6, 6.07) is 4.40. The Morgan fingerprint density at radius 2 is 2.25 bits per heavy atom. The van der Waals surface area contributed by atoms with Gasteiger partial charge in [-0.2, -0.15) is 0 Å². The third-order valence-corrected chi connectivity index (χ3v) is 2.35. The summed E-state index contributed by atoms with van der Waals surface area (Å²) in [5.74, 6) is 1.07. The average Bonchev–Trinajstić information content (AvgIpc) is 2.64. The highest BCUT2D eigenvalue weighted by Crippen LogP contribution is 2.30. The van der Waals surface area contributed by atoms with Crippen LogP contribution in [0.2, 0.25) is 5.02 Å². The average molecular weight is 239 g/mol. The lowest BCUT2D eigenvalue weighted by atomic mass is 10.2. The number of aryl methyl sites for hydroxylation is 1. The number of nitro benzene ring substituents is 1. The first-order valence-electron chi connectivity index (χ1n) is 4.44. The molecule has 16 heavy (non-hydrogen) atoms. The Bertz CT molecular complexity index is 551. The van der Waals surface area contributed by atoms with Gasteiger partial charge in [0.2, 0.25) is 0 Å². The van der Waals surface area contributed by atoms with Crippen LogP contribution in [0.3, 0.4) is 0 Å². The second-order valence-corrected chi connectivity index (χ2v) is 3.57. The Labute approximate surface area is 95.8 Å². The van der Waals surface area contributed by atoms with Crippen molar-refractivity contribution in [1.82, 2.24) is 4.98 Å². The molecule has 6 heteroatoms. The fourth-order valence-corrected chi connectivity index (χ4v) is 1.55. The highest BCUT2D eigenvalue weighted by atomic mass is 35.5. The zero-order valence-corrected chi connectivity index (χ0v) is 9.06. The summed E-state index contributed by atoms with van der Waals surface area (Å²) < 4.78 is 5.29. The number of halogens is 1. The predicted octanol–water partition coefficient (Wildman–Crippen LogP) is 3.21. The molecule has 1 aromatic carbocycles. The monoisotopic (exact) mass is 238 g/mol. The molecule has 0 radical (unpaired) electrons. The van der Waals surface area contributed by atoms with Crippen LogP contribution in [0.15, 0.2) is 28.8 Å². The number of benzene rings is 1. The molecule has 1 heterocycles. The van der Waals surface area contributed by atoms with E-state index in [4.69, 9.17) is 16.0 Å². The van der Waals surface area contributed by atoms with Crippen LogP contribution >= 0.6 is 11.6 Å². The standard InChI is InChI=1S/C10H7ClN2O3/c1-6-12-5-10(16-6)7-2-3-9(13(14)15)8(11)4-7/h2-5H,1H3. The van der Waals surface area contributed by atoms with Gasteiger partial charge < -0.3 is 4.42 Å². The number of hydrogen-bond donors (Lipinski definition) is 0. The lowest BCUT2D eigenvalue weighted by Crippen LogP contribution is -1.88. The second kappa shape index (κ2) is 3.94. The maximum atomic E-state index is 10.6. The van der Waals surface area contributed by atoms with Gasteiger partial charge in [0.1, 0.15) is 5.02 Å². The van der Waals surface area contributed by atoms with Crippen LogP contribution < -0.4 is 0 Å². The molecule has 0 unspecified atom stereocenters. The van der Waals surface area contributed by atoms with E-state index >= 15 is 0 Å². The molecule has 82 valence electrons. The first-order valence-corrected chi connectivity index (χ1v) is 4.82. The molecule has 0 aliphatic rings. The van der Waals surface area contributed by atoms with Crippen LogP contribution in [0.25, 0.3) is 11.3 Å². The summed E-state index contributed by atoms with van der Waals surface area (Å²) in [4.78, 5) is 14.0. The Kier molecular flexibility index (Phi) is 2.62. The number of nitrogens with zero attached hydrogens (tertiary/aromatic N) is 2. The van der Waals surface area contributed by atoms with Crippen LogP contribution in [-0.4, -0.2) is 9.91 Å². The fraction of sp³-hybridized carbons (Fsp3) is 0.100. The molecule has 1 aromatic heterocycles. The van der Waals surface area contributed by atoms with Gasteiger partial charge in [-0.25, -0.2) is 4.98 Å². The largest absolute Gasteiger partial charge is 0.441 e. The van der Waals surface area contributed by atoms with Crippen LogP contribution in [0.4, 0.5) is 5.69 Å². The number of oxazole rings is 1. The molecule has 0 saturated carbocycles. The van der Waals surface area contributed by atoms with E-state index in [-0.39, 0.29) is 10.7 Å². The third kappa shape index (κ3) is 1.90. The lowest BCUT2D eigenvalue weighted by molar-refractivity contribution is -0.384. The molecule has 2 aromatic rings. The minimum absolute atomic E-state index is 0.0801. The second-order valence-electron chi connectivity index (χ2n) is 3.17. The molecular formula is C10H7ClN2O3. The molecule has 0 aliphatic heterocycles. The lowest BCUT2D eigenvalue weighted by Gasteiger charge is -1.98. The van der Waals surface area contributed by atoms with Crippen molar-refractivity contribution in [1.29, 1.82) is 0 Å². The summed E-state index contributed by atoms with van der Waals surface area (Å²) in [7, 11) is 0. The van der Waals surface area contributed by atoms with Crippen molar-refractivity contribution in [3.05, 3.63) is 45.4 Å². The van der Waals surface area contributed by atoms with Crippen LogP contribution in [0, 0.1) is 17.0 Å². The topological polar surface area (TPSA) is 69.2 Å². The van der Waals surface area contributed by atoms with Crippen LogP contribution in [0.1, 0.15) is 5.89 Å². The zero-order chi connectivity index (χ0) is 11.7. The Morgan fingerprint density at radius 3 is 2.75 bits per heavy atom. The van der Waals surface area contributed by atoms with Crippen LogP contribution in [0.5, 0.6) is 0 Å². The quantitative estimate of drug-likeness (QED) is 0.595. The SMILES string of the molecule is Cc1ncc(-c2ccc([N+](=O)[O-])c(Cl)c2)o1. The van der Waals surface area contributed by atoms with Crippen molar-refractivity contribution in [2.75, 3.05) is 0 Å². The third-order valence-electron chi connectivity index (χ3n) is 2.05. The fourth-order valence-electron chi connectivity index (χ4n) is 1.30. The Hall–Kier alpha value is -1.88. The molecule has 0 aliphatic carbocycles. The van der Waals surface area contributed by atoms with Gasteiger partial charge in [0, 0.05) is 18.6 Å². The zero-order valence-electron chi connectivity index (χ0n) is 8.31. The van der Waals surface area contributed by atoms with Crippen molar-refractivity contribution in [3.63, 3.8) is 0 Å². The van der Waals surface area contributed by atoms with E-state index in [1.54, 1.807) is 19.2 Å². The van der Waals surface area contributed by atoms with Crippen molar-refractivity contribution >= 4 is 17.3 Å². The minimum Gasteiger partial charge on any atom is -0.441 e. The van der Waals surface area contributed by atoms with Gasteiger partial charge in [-0.1, -0.05) is 11.6 Å². The molecule has 0 amide bonds. The number of rotatable bonds is 2. The van der Waals surface area contributed by atoms with Gasteiger partial charge >= 0.3 is 0 Å². The minimum atomic E-state index is -0.530. The van der Waals surface area contributed by atoms with E-state index in [1.807, 2.05) is 0 Å². The summed E-state index contributed by atoms with van der Waals surface area (Å²) in [6.45, 7) is 1.72. The number of hydrogen-bond acceptors (Lipinski definition) is 4. The molecule has 0 saturated heterocycles. The molecular weight excluding hydrogens is 232 g/mol. The van der Waals surface area contributed by atoms with Gasteiger partial charge in [0.15, 0.2) is 11.7 Å². The number of nitro groups is 1. The summed E-state index contributed by atoms with van der Waals surface area (Å²) in [5.41, 5.74) is 0.540. The van der Waals surface area contributed by atoms with Gasteiger partial charge in [-0.3, -0.25) is 10.1 Å². The Morgan fingerprint density at radius 1 is 1.50 bits per heavy atom. The van der Waals surface area contributed by atoms with Crippen molar-refractivity contribution in [2.45, 2.75) is 6.92 Å². The molecule has 5 nitrogen and oxygen atoms in total. The van der Waals surface area contributed by atoms with Crippen molar-refractivity contribution in [2.24, 2.45) is 0 Å². The highest BCUT2D eigenvalue weighted by molar-refractivity contribution is 6.32. The smallest absolute Gasteiger partial charge is 0.287 e. The van der Waals surface area contributed by atoms with E-state index in [1.165, 1.54) is 12.1 Å². The van der Waals surface area contributed by atoms with E-state index in [2.05, 4.69) is 4.98 Å². The Balaban J connectivity index is 2.45. The number of aromatic nitrogens is 1. The van der Waals surface area contributed by atoms with Gasteiger partial charge in [-0.15, -0.1) is 0 Å². The van der Waals surface area contributed by atoms with E-state index in [0.29, 0.717) is 17.2 Å². The maximum absolute atomic E-state index is 10.6. The first-order chi connectivity index (χ1) is 7.58. The molecule has 2 rings (SSSR count). The summed E-state index contributed by atoms with van der Waals surface area (Å²) in [6.07, 6.45) is 1.55. The summed E-state index contributed by atoms with van der Waals surface area (Å²) >= 11 is 5.78. The maximum Gasteiger partial charge on any atom is 0.287 e. The molecule has 0 fully saturated rings. The van der Waals surface area contributed by atoms with E-state index < -0.39 is 4.92 Å². The van der Waals surface area contributed by atoms with Crippen molar-refractivity contribution in [3.8, 4) is 11.3 Å². The predicted molar refractivity (Wildman–Crippen MR) is 58.3 cm³/mol. The van der Waals surface area contributed by atoms with E-state index in [9.17, 15) is 10.1 Å². The van der Waals surface area contributed by atoms with Crippen LogP contribution in [-0.2, 0) is 0 Å². The van der Waals surface area contributed by atoms with Gasteiger partial charge in [0.05, 0.1) is 11.1 Å². The van der Waals surface area contributed by atoms with Crippen molar-refractivity contribution < 1.29 is 9.34 Å². The molecule has 0 spiro atoms. The van der Waals surface area contributed by atoms with Gasteiger partial charge in [0.25, 0.3) is 5.69 Å². The summed E-state index contributed by atoms with van der Waals surface area (Å²) in [5, 5.41) is 10.6. The van der Waals surface area contributed by atoms with Gasteiger partial charge in [-0.05, 0) is 12.1 Å². The first kappa shape index (κ1) is 10.6. The van der Waals surface area contributed by atoms with E-state index in [0.717, 1.165) is 0 Å². The molecule has 0 bridgehead atoms.